The maximum atomic E-state index is 14.2. The van der Waals surface area contributed by atoms with Crippen LogP contribution in [0.4, 0.5) is 14.6 Å². The van der Waals surface area contributed by atoms with Crippen molar-refractivity contribution in [2.24, 2.45) is 0 Å². The highest BCUT2D eigenvalue weighted by molar-refractivity contribution is 6.07. The van der Waals surface area contributed by atoms with Gasteiger partial charge < -0.3 is 29.7 Å². The Bertz CT molecular complexity index is 976. The number of hydrogen-bond acceptors (Lipinski definition) is 8. The van der Waals surface area contributed by atoms with Gasteiger partial charge in [-0.2, -0.15) is 13.8 Å². The highest BCUT2D eigenvalue weighted by Gasteiger charge is 2.59. The predicted molar refractivity (Wildman–Crippen MR) is 97.9 cm³/mol. The highest BCUT2D eigenvalue weighted by Crippen LogP contribution is 2.42. The van der Waals surface area contributed by atoms with E-state index < -0.39 is 42.6 Å². The molecule has 0 radical (unpaired) electrons. The second-order valence-electron chi connectivity index (χ2n) is 6.32. The highest BCUT2D eigenvalue weighted by atomic mass is 19.3. The van der Waals surface area contributed by atoms with Crippen LogP contribution in [0.3, 0.4) is 0 Å². The number of aromatic nitrogens is 2. The number of hydrogen-bond donors (Lipinski definition) is 3. The summed E-state index contributed by atoms with van der Waals surface area (Å²) in [6.45, 7) is -0.857. The van der Waals surface area contributed by atoms with Gasteiger partial charge in [-0.3, -0.25) is 9.36 Å². The van der Waals surface area contributed by atoms with Crippen molar-refractivity contribution in [2.45, 2.75) is 24.4 Å². The number of methoxy groups -OCH3 is 2. The van der Waals surface area contributed by atoms with E-state index in [1.807, 2.05) is 0 Å². The normalized spacial score (nSPS) is 22.5. The van der Waals surface area contributed by atoms with Gasteiger partial charge in [-0.25, -0.2) is 4.79 Å². The Hall–Kier alpha value is -3.09. The maximum Gasteiger partial charge on any atom is 0.351 e. The third-order valence-corrected chi connectivity index (χ3v) is 4.54. The lowest BCUT2D eigenvalue weighted by Gasteiger charge is -2.21. The smallest absolute Gasteiger partial charge is 0.351 e. The first kappa shape index (κ1) is 21.6. The number of benzene rings is 1. The summed E-state index contributed by atoms with van der Waals surface area (Å²) >= 11 is 0. The molecule has 0 aliphatic carbocycles. The molecule has 30 heavy (non-hydrogen) atoms. The minimum atomic E-state index is -3.84. The second-order valence-corrected chi connectivity index (χ2v) is 6.32. The molecule has 1 fully saturated rings. The molecule has 1 aliphatic rings. The lowest BCUT2D eigenvalue weighted by Crippen LogP contribution is -2.41. The van der Waals surface area contributed by atoms with Crippen LogP contribution >= 0.6 is 0 Å². The third kappa shape index (κ3) is 3.72. The standard InChI is InChI=1S/C18H19F2N3O7/c1-28-9-4-3-5-10(29-2)13(9)15(26)21-12-6-7-23(17(27)22-12)16-18(19,20)14(25)11(8-24)30-16/h3-7,11,14,16,24-25H,8H2,1-2H3,(H,21,22,26,27)/t11-,14-,16+/m1/s1. The number of carbonyl (C=O) groups excluding carboxylic acids is 1. The zero-order valence-electron chi connectivity index (χ0n) is 15.9. The van der Waals surface area contributed by atoms with Gasteiger partial charge in [0, 0.05) is 6.20 Å². The number of rotatable bonds is 6. The molecule has 3 N–H and O–H groups in total. The summed E-state index contributed by atoms with van der Waals surface area (Å²) in [6, 6.07) is 5.79. The topological polar surface area (TPSA) is 132 Å². The summed E-state index contributed by atoms with van der Waals surface area (Å²) in [5.74, 6) is -4.33. The summed E-state index contributed by atoms with van der Waals surface area (Å²) in [5.41, 5.74) is -1.11. The van der Waals surface area contributed by atoms with Crippen LogP contribution < -0.4 is 20.5 Å². The van der Waals surface area contributed by atoms with E-state index in [1.165, 1.54) is 26.4 Å². The molecule has 1 aromatic heterocycles. The molecule has 10 nitrogen and oxygen atoms in total. The van der Waals surface area contributed by atoms with Gasteiger partial charge in [-0.1, -0.05) is 6.07 Å². The third-order valence-electron chi connectivity index (χ3n) is 4.54. The fourth-order valence-electron chi connectivity index (χ4n) is 3.03. The average Bonchev–Trinajstić information content (AvgIpc) is 2.96. The van der Waals surface area contributed by atoms with Crippen molar-refractivity contribution in [3.63, 3.8) is 0 Å². The van der Waals surface area contributed by atoms with Crippen molar-refractivity contribution in [1.82, 2.24) is 9.55 Å². The molecule has 1 saturated heterocycles. The number of aliphatic hydroxyl groups is 2. The van der Waals surface area contributed by atoms with E-state index in [1.54, 1.807) is 6.07 Å². The van der Waals surface area contributed by atoms with E-state index in [4.69, 9.17) is 19.3 Å². The number of carbonyl (C=O) groups is 1. The first-order chi connectivity index (χ1) is 14.2. The lowest BCUT2D eigenvalue weighted by molar-refractivity contribution is -0.140. The molecule has 3 atom stereocenters. The zero-order valence-corrected chi connectivity index (χ0v) is 15.9. The Morgan fingerprint density at radius 1 is 1.30 bits per heavy atom. The van der Waals surface area contributed by atoms with E-state index >= 15 is 0 Å². The molecule has 3 rings (SSSR count). The van der Waals surface area contributed by atoms with Crippen LogP contribution in [0, 0.1) is 0 Å². The Labute approximate surface area is 168 Å². The average molecular weight is 427 g/mol. The van der Waals surface area contributed by atoms with Crippen LogP contribution in [0.15, 0.2) is 35.3 Å². The van der Waals surface area contributed by atoms with Crippen LogP contribution in [-0.4, -0.2) is 64.6 Å². The monoisotopic (exact) mass is 427 g/mol. The number of ether oxygens (including phenoxy) is 3. The first-order valence-electron chi connectivity index (χ1n) is 8.68. The molecular weight excluding hydrogens is 408 g/mol. The van der Waals surface area contributed by atoms with E-state index in [9.17, 15) is 23.5 Å². The number of nitrogens with one attached hydrogen (secondary N) is 1. The van der Waals surface area contributed by atoms with E-state index in [2.05, 4.69) is 10.3 Å². The van der Waals surface area contributed by atoms with E-state index in [-0.39, 0.29) is 22.9 Å². The zero-order chi connectivity index (χ0) is 22.1. The number of anilines is 1. The summed E-state index contributed by atoms with van der Waals surface area (Å²) in [5, 5.41) is 21.0. The molecule has 0 unspecified atom stereocenters. The second kappa shape index (κ2) is 8.34. The van der Waals surface area contributed by atoms with Crippen molar-refractivity contribution in [3.8, 4) is 11.5 Å². The van der Waals surface area contributed by atoms with Crippen molar-refractivity contribution < 1.29 is 38.0 Å². The lowest BCUT2D eigenvalue weighted by atomic mass is 10.1. The Balaban J connectivity index is 1.87. The number of halogens is 2. The van der Waals surface area contributed by atoms with Gasteiger partial charge in [0.1, 0.15) is 29.0 Å². The number of nitrogens with zero attached hydrogens (tertiary/aromatic N) is 2. The van der Waals surface area contributed by atoms with Gasteiger partial charge in [0.15, 0.2) is 6.10 Å². The van der Waals surface area contributed by atoms with Crippen LogP contribution in [0.2, 0.25) is 0 Å². The fraction of sp³-hybridized carbons (Fsp3) is 0.389. The largest absolute Gasteiger partial charge is 0.496 e. The molecule has 1 aromatic carbocycles. The van der Waals surface area contributed by atoms with Crippen molar-refractivity contribution in [3.05, 3.63) is 46.5 Å². The Morgan fingerprint density at radius 3 is 2.43 bits per heavy atom. The molecule has 0 bridgehead atoms. The molecule has 2 heterocycles. The molecule has 1 aliphatic heterocycles. The minimum Gasteiger partial charge on any atom is -0.496 e. The summed E-state index contributed by atoms with van der Waals surface area (Å²) in [4.78, 5) is 28.5. The van der Waals surface area contributed by atoms with Crippen LogP contribution in [0.25, 0.3) is 0 Å². The van der Waals surface area contributed by atoms with Gasteiger partial charge in [0.25, 0.3) is 5.91 Å². The quantitative estimate of drug-likeness (QED) is 0.604. The molecule has 0 saturated carbocycles. The van der Waals surface area contributed by atoms with E-state index in [0.717, 1.165) is 12.3 Å². The summed E-state index contributed by atoms with van der Waals surface area (Å²) < 4.78 is 44.1. The molecule has 12 heteroatoms. The number of alkyl halides is 2. The first-order valence-corrected chi connectivity index (χ1v) is 8.68. The summed E-state index contributed by atoms with van der Waals surface area (Å²) in [7, 11) is 2.72. The van der Waals surface area contributed by atoms with Crippen molar-refractivity contribution in [1.29, 1.82) is 0 Å². The maximum absolute atomic E-state index is 14.2. The minimum absolute atomic E-state index is 0.0491. The van der Waals surface area contributed by atoms with Crippen molar-refractivity contribution in [2.75, 3.05) is 26.1 Å². The van der Waals surface area contributed by atoms with Gasteiger partial charge in [0.05, 0.1) is 20.8 Å². The van der Waals surface area contributed by atoms with Gasteiger partial charge >= 0.3 is 11.6 Å². The molecule has 2 aromatic rings. The van der Waals surface area contributed by atoms with Gasteiger partial charge in [-0.05, 0) is 18.2 Å². The Morgan fingerprint density at radius 2 is 1.93 bits per heavy atom. The van der Waals surface area contributed by atoms with Crippen LogP contribution in [0.5, 0.6) is 11.5 Å². The van der Waals surface area contributed by atoms with Crippen LogP contribution in [0.1, 0.15) is 16.6 Å². The van der Waals surface area contributed by atoms with Gasteiger partial charge in [-0.15, -0.1) is 0 Å². The van der Waals surface area contributed by atoms with Crippen LogP contribution in [-0.2, 0) is 4.74 Å². The van der Waals surface area contributed by atoms with Gasteiger partial charge in [0.2, 0.25) is 6.23 Å². The number of amides is 1. The summed E-state index contributed by atoms with van der Waals surface area (Å²) in [6.07, 6.45) is -5.08. The van der Waals surface area contributed by atoms with Crippen molar-refractivity contribution >= 4 is 11.7 Å². The Kier molecular flexibility index (Phi) is 6.01. The number of aliphatic hydroxyl groups excluding tert-OH is 2. The molecule has 0 spiro atoms. The SMILES string of the molecule is COc1cccc(OC)c1C(=O)Nc1ccn([C@H]2O[C@H](CO)[C@@H](O)C2(F)F)c(=O)n1. The molecule has 1 amide bonds. The molecule has 162 valence electrons. The fourth-order valence-corrected chi connectivity index (χ4v) is 3.03. The van der Waals surface area contributed by atoms with E-state index in [0.29, 0.717) is 4.57 Å². The predicted octanol–water partition coefficient (Wildman–Crippen LogP) is 0.399. The molecular formula is C18H19F2N3O7.